The van der Waals surface area contributed by atoms with Crippen LogP contribution in [0.1, 0.15) is 34.6 Å². The van der Waals surface area contributed by atoms with Gasteiger partial charge in [0.25, 0.3) is 11.8 Å². The van der Waals surface area contributed by atoms with E-state index in [1.807, 2.05) is 6.92 Å². The Morgan fingerprint density at radius 3 is 2.05 bits per heavy atom. The first-order valence-electron chi connectivity index (χ1n) is 6.48. The molecule has 0 fully saturated rings. The molecule has 1 N–H and O–H groups in total. The highest BCUT2D eigenvalue weighted by molar-refractivity contribution is 6.26. The quantitative estimate of drug-likeness (QED) is 0.516. The minimum absolute atomic E-state index is 0.108. The SMILES string of the molecule is C[C@H](O)/C=C\[C@H](C)[C@H]([Si])N1C(=O)c2ccccc2C1=O. The van der Waals surface area contributed by atoms with Crippen molar-refractivity contribution in [3.8, 4) is 0 Å². The van der Waals surface area contributed by atoms with Gasteiger partial charge in [-0.25, -0.2) is 0 Å². The van der Waals surface area contributed by atoms with Crippen LogP contribution in [0.25, 0.3) is 0 Å². The van der Waals surface area contributed by atoms with Crippen molar-refractivity contribution < 1.29 is 14.7 Å². The van der Waals surface area contributed by atoms with E-state index in [4.69, 9.17) is 0 Å². The molecule has 103 valence electrons. The lowest BCUT2D eigenvalue weighted by Gasteiger charge is -2.26. The van der Waals surface area contributed by atoms with Crippen LogP contribution in [0.5, 0.6) is 0 Å². The molecule has 5 heteroatoms. The normalized spacial score (nSPS) is 19.3. The van der Waals surface area contributed by atoms with Crippen LogP contribution in [0.3, 0.4) is 0 Å². The molecule has 3 atom stereocenters. The van der Waals surface area contributed by atoms with E-state index in [1.54, 1.807) is 43.3 Å². The molecule has 2 amide bonds. The number of hydrogen-bond donors (Lipinski definition) is 1. The Hall–Kier alpha value is -1.72. The number of nitrogens with zero attached hydrogens (tertiary/aromatic N) is 1. The number of fused-ring (bicyclic) bond motifs is 1. The highest BCUT2D eigenvalue weighted by Gasteiger charge is 2.39. The van der Waals surface area contributed by atoms with Crippen LogP contribution in [0, 0.1) is 5.92 Å². The molecule has 2 rings (SSSR count). The van der Waals surface area contributed by atoms with Gasteiger partial charge in [-0.3, -0.25) is 14.5 Å². The topological polar surface area (TPSA) is 57.6 Å². The zero-order valence-corrected chi connectivity index (χ0v) is 12.4. The monoisotopic (exact) mass is 286 g/mol. The number of carbonyl (C=O) groups is 2. The predicted octanol–water partition coefficient (Wildman–Crippen LogP) is 1.35. The molecule has 1 aliphatic rings. The lowest BCUT2D eigenvalue weighted by atomic mass is 10.1. The molecule has 0 saturated carbocycles. The molecule has 1 heterocycles. The van der Waals surface area contributed by atoms with Gasteiger partial charge in [-0.15, -0.1) is 0 Å². The highest BCUT2D eigenvalue weighted by atomic mass is 28.1. The smallest absolute Gasteiger partial charge is 0.261 e. The number of benzene rings is 1. The second kappa shape index (κ2) is 5.72. The molecule has 0 saturated heterocycles. The van der Waals surface area contributed by atoms with Gasteiger partial charge in [0.2, 0.25) is 0 Å². The van der Waals surface area contributed by atoms with Crippen LogP contribution in [0.4, 0.5) is 0 Å². The molecule has 4 nitrogen and oxygen atoms in total. The summed E-state index contributed by atoms with van der Waals surface area (Å²) in [6, 6.07) is 6.80. The Morgan fingerprint density at radius 1 is 1.10 bits per heavy atom. The van der Waals surface area contributed by atoms with E-state index in [0.29, 0.717) is 11.1 Å². The molecule has 1 aromatic rings. The lowest BCUT2D eigenvalue weighted by Crippen LogP contribution is -2.43. The van der Waals surface area contributed by atoms with Crippen molar-refractivity contribution in [3.05, 3.63) is 47.5 Å². The Labute approximate surface area is 121 Å². The second-order valence-electron chi connectivity index (χ2n) is 4.96. The summed E-state index contributed by atoms with van der Waals surface area (Å²) in [6.45, 7) is 3.52. The number of carbonyl (C=O) groups excluding carboxylic acids is 2. The van der Waals surface area contributed by atoms with E-state index in [0.717, 1.165) is 0 Å². The summed E-state index contributed by atoms with van der Waals surface area (Å²) in [5.74, 6) is -0.686. The maximum atomic E-state index is 12.3. The fraction of sp³-hybridized carbons (Fsp3) is 0.333. The van der Waals surface area contributed by atoms with Crippen molar-refractivity contribution >= 4 is 22.1 Å². The van der Waals surface area contributed by atoms with E-state index in [2.05, 4.69) is 10.2 Å². The van der Waals surface area contributed by atoms with Crippen LogP contribution in [0.15, 0.2) is 36.4 Å². The van der Waals surface area contributed by atoms with Crippen molar-refractivity contribution in [2.75, 3.05) is 0 Å². The molecule has 0 aliphatic carbocycles. The molecule has 1 aliphatic heterocycles. The number of aliphatic hydroxyl groups is 1. The van der Waals surface area contributed by atoms with Crippen molar-refractivity contribution in [1.29, 1.82) is 0 Å². The van der Waals surface area contributed by atoms with Crippen molar-refractivity contribution in [1.82, 2.24) is 4.90 Å². The Kier molecular flexibility index (Phi) is 4.20. The zero-order chi connectivity index (χ0) is 14.9. The van der Waals surface area contributed by atoms with Crippen LogP contribution >= 0.6 is 0 Å². The molecule has 0 unspecified atom stereocenters. The molecule has 20 heavy (non-hydrogen) atoms. The summed E-state index contributed by atoms with van der Waals surface area (Å²) >= 11 is 0. The largest absolute Gasteiger partial charge is 0.389 e. The summed E-state index contributed by atoms with van der Waals surface area (Å²) in [7, 11) is 3.47. The third-order valence-corrected chi connectivity index (χ3v) is 4.08. The van der Waals surface area contributed by atoms with Crippen molar-refractivity contribution in [3.63, 3.8) is 0 Å². The summed E-state index contributed by atoms with van der Waals surface area (Å²) in [6.07, 6.45) is 2.86. The minimum Gasteiger partial charge on any atom is -0.389 e. The third kappa shape index (κ3) is 2.59. The van der Waals surface area contributed by atoms with Crippen LogP contribution < -0.4 is 0 Å². The maximum absolute atomic E-state index is 12.3. The van der Waals surface area contributed by atoms with E-state index in [1.165, 1.54) is 4.90 Å². The molecule has 3 radical (unpaired) electrons. The molecule has 1 aromatic carbocycles. The Balaban J connectivity index is 2.23. The van der Waals surface area contributed by atoms with Gasteiger partial charge < -0.3 is 5.11 Å². The standard InChI is InChI=1S/C15H16NO3Si/c1-9(7-8-10(2)17)15(20)16-13(18)11-5-3-4-6-12(11)14(16)19/h3-10,15,17H,1-2H3/b8-7-/t9-,10-,15-/m0/s1. The Morgan fingerprint density at radius 2 is 1.60 bits per heavy atom. The van der Waals surface area contributed by atoms with E-state index in [9.17, 15) is 14.7 Å². The highest BCUT2D eigenvalue weighted by Crippen LogP contribution is 2.26. The minimum atomic E-state index is -0.557. The summed E-state index contributed by atoms with van der Waals surface area (Å²) in [5, 5.41) is 9.24. The van der Waals surface area contributed by atoms with Gasteiger partial charge in [-0.05, 0) is 25.0 Å². The first-order valence-corrected chi connectivity index (χ1v) is 7.05. The molecular weight excluding hydrogens is 270 g/mol. The van der Waals surface area contributed by atoms with Crippen LogP contribution in [0.2, 0.25) is 0 Å². The summed E-state index contributed by atoms with van der Waals surface area (Å²) in [5.41, 5.74) is 0.428. The molecule has 0 bridgehead atoms. The fourth-order valence-electron chi connectivity index (χ4n) is 2.14. The molecule has 0 aromatic heterocycles. The number of hydrogen-bond acceptors (Lipinski definition) is 3. The third-order valence-electron chi connectivity index (χ3n) is 3.29. The summed E-state index contributed by atoms with van der Waals surface area (Å²) in [4.78, 5) is 25.8. The number of amides is 2. The van der Waals surface area contributed by atoms with Crippen molar-refractivity contribution in [2.24, 2.45) is 5.92 Å². The first-order chi connectivity index (χ1) is 9.43. The first kappa shape index (κ1) is 14.7. The van der Waals surface area contributed by atoms with E-state index < -0.39 is 11.8 Å². The van der Waals surface area contributed by atoms with Gasteiger partial charge in [0.05, 0.1) is 27.5 Å². The number of imide groups is 1. The van der Waals surface area contributed by atoms with E-state index in [-0.39, 0.29) is 17.7 Å². The van der Waals surface area contributed by atoms with Crippen molar-refractivity contribution in [2.45, 2.75) is 25.6 Å². The van der Waals surface area contributed by atoms with E-state index >= 15 is 0 Å². The van der Waals surface area contributed by atoms with Gasteiger partial charge in [0, 0.05) is 5.67 Å². The predicted molar refractivity (Wildman–Crippen MR) is 76.5 cm³/mol. The summed E-state index contributed by atoms with van der Waals surface area (Å²) < 4.78 is 0. The van der Waals surface area contributed by atoms with Gasteiger partial charge >= 0.3 is 0 Å². The lowest BCUT2D eigenvalue weighted by molar-refractivity contribution is 0.0614. The van der Waals surface area contributed by atoms with Gasteiger partial charge in [0.1, 0.15) is 0 Å². The Bertz CT molecular complexity index is 533. The van der Waals surface area contributed by atoms with Gasteiger partial charge in [-0.1, -0.05) is 31.2 Å². The van der Waals surface area contributed by atoms with Crippen LogP contribution in [-0.4, -0.2) is 43.8 Å². The average Bonchev–Trinajstić information content (AvgIpc) is 2.68. The molecule has 0 spiro atoms. The second-order valence-corrected chi connectivity index (χ2v) is 5.55. The van der Waals surface area contributed by atoms with Gasteiger partial charge in [-0.2, -0.15) is 0 Å². The number of aliphatic hydroxyl groups excluding tert-OH is 1. The average molecular weight is 286 g/mol. The molecular formula is C15H16NO3Si. The maximum Gasteiger partial charge on any atom is 0.261 e. The fourth-order valence-corrected chi connectivity index (χ4v) is 2.48. The van der Waals surface area contributed by atoms with Crippen LogP contribution in [-0.2, 0) is 0 Å². The van der Waals surface area contributed by atoms with Gasteiger partial charge in [0.15, 0.2) is 0 Å². The zero-order valence-electron chi connectivity index (χ0n) is 11.4. The number of rotatable bonds is 4.